The van der Waals surface area contributed by atoms with Gasteiger partial charge in [0.05, 0.1) is 20.2 Å². The topological polar surface area (TPSA) is 68.5 Å². The Balaban J connectivity index is 2.43. The maximum atomic E-state index is 11.0. The van der Waals surface area contributed by atoms with Crippen molar-refractivity contribution >= 4 is 5.97 Å². The first kappa shape index (κ1) is 10.6. The van der Waals surface area contributed by atoms with Crippen molar-refractivity contribution in [1.82, 2.24) is 15.0 Å². The van der Waals surface area contributed by atoms with Crippen LogP contribution in [0.5, 0.6) is 0 Å². The molecule has 0 N–H and O–H groups in total. The van der Waals surface area contributed by atoms with Crippen LogP contribution < -0.4 is 0 Å². The Hall–Kier alpha value is -1.43. The van der Waals surface area contributed by atoms with E-state index in [1.165, 1.54) is 13.4 Å². The smallest absolute Gasteiger partial charge is 0.319 e. The molecule has 1 aromatic heterocycles. The SMILES string of the molecule is CCN(CC(=O)OC)Cc1ncno1. The number of methoxy groups -OCH3 is 1. The van der Waals surface area contributed by atoms with Crippen LogP contribution in [-0.4, -0.2) is 41.2 Å². The fourth-order valence-corrected chi connectivity index (χ4v) is 0.984. The number of likely N-dealkylation sites (N-methyl/N-ethyl adjacent to an activating group) is 1. The Labute approximate surface area is 81.8 Å². The third-order valence-corrected chi connectivity index (χ3v) is 1.79. The Kier molecular flexibility index (Phi) is 4.06. The monoisotopic (exact) mass is 199 g/mol. The Morgan fingerprint density at radius 1 is 1.71 bits per heavy atom. The van der Waals surface area contributed by atoms with E-state index >= 15 is 0 Å². The van der Waals surface area contributed by atoms with E-state index in [4.69, 9.17) is 4.52 Å². The molecule has 1 rings (SSSR count). The second kappa shape index (κ2) is 5.33. The van der Waals surface area contributed by atoms with E-state index in [-0.39, 0.29) is 12.5 Å². The molecule has 0 aliphatic carbocycles. The molecule has 78 valence electrons. The molecule has 0 bridgehead atoms. The molecule has 0 saturated heterocycles. The summed E-state index contributed by atoms with van der Waals surface area (Å²) < 4.78 is 9.38. The molecule has 0 unspecified atom stereocenters. The minimum atomic E-state index is -0.272. The molecule has 0 amide bonds. The lowest BCUT2D eigenvalue weighted by Crippen LogP contribution is -2.30. The zero-order valence-corrected chi connectivity index (χ0v) is 8.27. The standard InChI is InChI=1S/C8H13N3O3/c1-3-11(5-8(12)13-2)4-7-9-6-10-14-7/h6H,3-5H2,1-2H3. The van der Waals surface area contributed by atoms with Gasteiger partial charge in [0.1, 0.15) is 0 Å². The summed E-state index contributed by atoms with van der Waals surface area (Å²) in [5, 5.41) is 3.48. The van der Waals surface area contributed by atoms with E-state index in [1.807, 2.05) is 11.8 Å². The van der Waals surface area contributed by atoms with E-state index in [1.54, 1.807) is 0 Å². The number of hydrogen-bond acceptors (Lipinski definition) is 6. The maximum Gasteiger partial charge on any atom is 0.319 e. The first-order chi connectivity index (χ1) is 6.76. The predicted octanol–water partition coefficient (Wildman–Crippen LogP) is 0.0645. The van der Waals surface area contributed by atoms with Gasteiger partial charge < -0.3 is 9.26 Å². The summed E-state index contributed by atoms with van der Waals surface area (Å²) in [5.74, 6) is 0.224. The van der Waals surface area contributed by atoms with Crippen molar-refractivity contribution < 1.29 is 14.1 Å². The van der Waals surface area contributed by atoms with Crippen molar-refractivity contribution in [2.45, 2.75) is 13.5 Å². The van der Waals surface area contributed by atoms with Gasteiger partial charge >= 0.3 is 5.97 Å². The number of rotatable bonds is 5. The van der Waals surface area contributed by atoms with Crippen molar-refractivity contribution in [3.05, 3.63) is 12.2 Å². The van der Waals surface area contributed by atoms with Gasteiger partial charge in [-0.3, -0.25) is 9.69 Å². The molecule has 14 heavy (non-hydrogen) atoms. The number of esters is 1. The highest BCUT2D eigenvalue weighted by atomic mass is 16.5. The van der Waals surface area contributed by atoms with Crippen LogP contribution in [0.2, 0.25) is 0 Å². The van der Waals surface area contributed by atoms with Gasteiger partial charge in [-0.15, -0.1) is 0 Å². The largest absolute Gasteiger partial charge is 0.468 e. The number of carbonyl (C=O) groups excluding carboxylic acids is 1. The highest BCUT2D eigenvalue weighted by Gasteiger charge is 2.11. The van der Waals surface area contributed by atoms with Gasteiger partial charge in [0.25, 0.3) is 0 Å². The fourth-order valence-electron chi connectivity index (χ4n) is 0.984. The van der Waals surface area contributed by atoms with Crippen LogP contribution in [-0.2, 0) is 16.1 Å². The lowest BCUT2D eigenvalue weighted by Gasteiger charge is -2.15. The summed E-state index contributed by atoms with van der Waals surface area (Å²) in [4.78, 5) is 16.7. The Bertz CT molecular complexity index is 273. The van der Waals surface area contributed by atoms with Crippen LogP contribution in [0.3, 0.4) is 0 Å². The summed E-state index contributed by atoms with van der Waals surface area (Å²) in [6.45, 7) is 3.36. The van der Waals surface area contributed by atoms with Gasteiger partial charge in [-0.05, 0) is 6.54 Å². The van der Waals surface area contributed by atoms with Crippen LogP contribution in [0.25, 0.3) is 0 Å². The highest BCUT2D eigenvalue weighted by Crippen LogP contribution is 1.99. The second-order valence-electron chi connectivity index (χ2n) is 2.71. The van der Waals surface area contributed by atoms with E-state index < -0.39 is 0 Å². The highest BCUT2D eigenvalue weighted by molar-refractivity contribution is 5.71. The molecule has 0 aliphatic heterocycles. The quantitative estimate of drug-likeness (QED) is 0.625. The normalized spacial score (nSPS) is 10.5. The van der Waals surface area contributed by atoms with Crippen molar-refractivity contribution in [2.24, 2.45) is 0 Å². The Morgan fingerprint density at radius 3 is 3.00 bits per heavy atom. The number of ether oxygens (including phenoxy) is 1. The number of nitrogens with zero attached hydrogens (tertiary/aromatic N) is 3. The van der Waals surface area contributed by atoms with E-state index in [2.05, 4.69) is 14.9 Å². The molecule has 0 aliphatic rings. The minimum Gasteiger partial charge on any atom is -0.468 e. The van der Waals surface area contributed by atoms with Gasteiger partial charge in [0.15, 0.2) is 6.33 Å². The summed E-state index contributed by atoms with van der Waals surface area (Å²) in [7, 11) is 1.36. The molecule has 0 fully saturated rings. The van der Waals surface area contributed by atoms with Crippen molar-refractivity contribution in [1.29, 1.82) is 0 Å². The van der Waals surface area contributed by atoms with E-state index in [0.717, 1.165) is 6.54 Å². The number of aromatic nitrogens is 2. The lowest BCUT2D eigenvalue weighted by atomic mass is 10.4. The van der Waals surface area contributed by atoms with Crippen molar-refractivity contribution in [3.8, 4) is 0 Å². The average Bonchev–Trinajstić information content (AvgIpc) is 2.69. The number of hydrogen-bond donors (Lipinski definition) is 0. The number of carbonyl (C=O) groups is 1. The third kappa shape index (κ3) is 3.14. The first-order valence-electron chi connectivity index (χ1n) is 4.31. The molecule has 0 atom stereocenters. The van der Waals surface area contributed by atoms with Crippen LogP contribution >= 0.6 is 0 Å². The fraction of sp³-hybridized carbons (Fsp3) is 0.625. The van der Waals surface area contributed by atoms with Gasteiger partial charge in [0.2, 0.25) is 5.89 Å². The minimum absolute atomic E-state index is 0.232. The summed E-state index contributed by atoms with van der Waals surface area (Å²) in [5.41, 5.74) is 0. The lowest BCUT2D eigenvalue weighted by molar-refractivity contribution is -0.142. The average molecular weight is 199 g/mol. The van der Waals surface area contributed by atoms with Crippen LogP contribution in [0.15, 0.2) is 10.9 Å². The zero-order valence-electron chi connectivity index (χ0n) is 8.27. The molecule has 0 saturated carbocycles. The Morgan fingerprint density at radius 2 is 2.50 bits per heavy atom. The van der Waals surface area contributed by atoms with Crippen LogP contribution in [0.4, 0.5) is 0 Å². The summed E-state index contributed by atoms with van der Waals surface area (Å²) >= 11 is 0. The molecule has 6 nitrogen and oxygen atoms in total. The maximum absolute atomic E-state index is 11.0. The molecular formula is C8H13N3O3. The van der Waals surface area contributed by atoms with Gasteiger partial charge in [0, 0.05) is 0 Å². The van der Waals surface area contributed by atoms with Gasteiger partial charge in [-0.1, -0.05) is 12.1 Å². The van der Waals surface area contributed by atoms with Crippen LogP contribution in [0.1, 0.15) is 12.8 Å². The summed E-state index contributed by atoms with van der Waals surface area (Å²) in [6.07, 6.45) is 1.33. The van der Waals surface area contributed by atoms with E-state index in [9.17, 15) is 4.79 Å². The summed E-state index contributed by atoms with van der Waals surface area (Å²) in [6, 6.07) is 0. The van der Waals surface area contributed by atoms with Crippen molar-refractivity contribution in [3.63, 3.8) is 0 Å². The zero-order chi connectivity index (χ0) is 10.4. The van der Waals surface area contributed by atoms with Gasteiger partial charge in [-0.25, -0.2) is 0 Å². The molecule has 0 aromatic carbocycles. The molecule has 1 heterocycles. The molecular weight excluding hydrogens is 186 g/mol. The molecule has 0 radical (unpaired) electrons. The first-order valence-corrected chi connectivity index (χ1v) is 4.31. The molecule has 1 aromatic rings. The second-order valence-corrected chi connectivity index (χ2v) is 2.71. The van der Waals surface area contributed by atoms with Crippen LogP contribution in [0, 0.1) is 0 Å². The van der Waals surface area contributed by atoms with E-state index in [0.29, 0.717) is 12.4 Å². The van der Waals surface area contributed by atoms with Crippen molar-refractivity contribution in [2.75, 3.05) is 20.2 Å². The molecule has 6 heteroatoms. The van der Waals surface area contributed by atoms with Gasteiger partial charge in [-0.2, -0.15) is 4.98 Å². The molecule has 0 spiro atoms. The predicted molar refractivity (Wildman–Crippen MR) is 47.3 cm³/mol. The third-order valence-electron chi connectivity index (χ3n) is 1.79.